The van der Waals surface area contributed by atoms with Crippen LogP contribution in [0.5, 0.6) is 5.75 Å². The predicted octanol–water partition coefficient (Wildman–Crippen LogP) is 5.35. The molecule has 0 aliphatic carbocycles. The maximum absolute atomic E-state index is 13.8. The summed E-state index contributed by atoms with van der Waals surface area (Å²) in [6, 6.07) is 25.8. The van der Waals surface area contributed by atoms with E-state index in [1.54, 1.807) is 7.11 Å². The number of ether oxygens (including phenoxy) is 2. The number of aromatic nitrogens is 2. The summed E-state index contributed by atoms with van der Waals surface area (Å²) < 4.78 is 13.6. The Morgan fingerprint density at radius 3 is 2.54 bits per heavy atom. The Morgan fingerprint density at radius 1 is 1.00 bits per heavy atom. The highest BCUT2D eigenvalue weighted by molar-refractivity contribution is 6.02. The van der Waals surface area contributed by atoms with Crippen LogP contribution < -0.4 is 10.1 Å². The molecule has 2 aliphatic rings. The Kier molecular flexibility index (Phi) is 6.37. The molecule has 0 radical (unpaired) electrons. The van der Waals surface area contributed by atoms with Gasteiger partial charge in [0.2, 0.25) is 0 Å². The van der Waals surface area contributed by atoms with Gasteiger partial charge in [0.15, 0.2) is 0 Å². The molecule has 188 valence electrons. The lowest BCUT2D eigenvalue weighted by Gasteiger charge is -2.39. The lowest BCUT2D eigenvalue weighted by Crippen LogP contribution is -2.46. The van der Waals surface area contributed by atoms with E-state index in [2.05, 4.69) is 23.6 Å². The van der Waals surface area contributed by atoms with E-state index < -0.39 is 6.17 Å². The third-order valence-electron chi connectivity index (χ3n) is 7.08. The van der Waals surface area contributed by atoms with Crippen LogP contribution in [0.4, 0.5) is 5.69 Å². The van der Waals surface area contributed by atoms with Gasteiger partial charge in [0.05, 0.1) is 25.3 Å². The Hall–Kier alpha value is -4.10. The number of anilines is 1. The van der Waals surface area contributed by atoms with Gasteiger partial charge in [0.25, 0.3) is 5.91 Å². The van der Waals surface area contributed by atoms with Gasteiger partial charge >= 0.3 is 0 Å². The molecule has 0 saturated carbocycles. The first-order valence-electron chi connectivity index (χ1n) is 12.7. The van der Waals surface area contributed by atoms with Crippen LogP contribution in [0.3, 0.4) is 0 Å². The third-order valence-corrected chi connectivity index (χ3v) is 7.08. The summed E-state index contributed by atoms with van der Waals surface area (Å²) in [7, 11) is 1.67. The zero-order chi connectivity index (χ0) is 25.2. The maximum Gasteiger partial charge on any atom is 0.257 e. The molecule has 2 atom stereocenters. The molecule has 0 bridgehead atoms. The standard InChI is InChI=1S/C30H30N4O3/c1-36-27-16-8-6-14-24(27)28-25(20-33(32-28)18-21-10-3-2-4-11-21)29-31-26-15-7-5-13-23(26)30(35)34(29)19-22-12-9-17-37-22/h2-8,10-11,13-16,20,22,29,31H,9,12,17-19H2,1H3/t22-,29+/m1/s1. The van der Waals surface area contributed by atoms with Crippen LogP contribution >= 0.6 is 0 Å². The predicted molar refractivity (Wildman–Crippen MR) is 143 cm³/mol. The molecule has 1 aromatic heterocycles. The van der Waals surface area contributed by atoms with Crippen molar-refractivity contribution in [2.75, 3.05) is 25.6 Å². The molecule has 0 unspecified atom stereocenters. The van der Waals surface area contributed by atoms with E-state index in [1.165, 1.54) is 0 Å². The number of benzene rings is 3. The Balaban J connectivity index is 1.47. The van der Waals surface area contributed by atoms with Gasteiger partial charge in [0, 0.05) is 36.2 Å². The minimum absolute atomic E-state index is 0.00311. The Labute approximate surface area is 216 Å². The number of fused-ring (bicyclic) bond motifs is 1. The van der Waals surface area contributed by atoms with Crippen LogP contribution in [0.1, 0.15) is 40.5 Å². The fourth-order valence-electron chi connectivity index (χ4n) is 5.27. The number of para-hydroxylation sites is 2. The van der Waals surface area contributed by atoms with Crippen LogP contribution in [0, 0.1) is 0 Å². The van der Waals surface area contributed by atoms with E-state index in [0.717, 1.165) is 53.3 Å². The molecule has 1 amide bonds. The lowest BCUT2D eigenvalue weighted by molar-refractivity contribution is 0.0427. The second-order valence-corrected chi connectivity index (χ2v) is 9.50. The number of amides is 1. The van der Waals surface area contributed by atoms with Crippen molar-refractivity contribution in [3.8, 4) is 17.0 Å². The minimum atomic E-state index is -0.406. The quantitative estimate of drug-likeness (QED) is 0.375. The number of rotatable bonds is 7. The highest BCUT2D eigenvalue weighted by atomic mass is 16.5. The van der Waals surface area contributed by atoms with E-state index in [1.807, 2.05) is 76.3 Å². The van der Waals surface area contributed by atoms with Crippen molar-refractivity contribution in [1.82, 2.24) is 14.7 Å². The topological polar surface area (TPSA) is 68.6 Å². The zero-order valence-corrected chi connectivity index (χ0v) is 20.8. The second-order valence-electron chi connectivity index (χ2n) is 9.50. The van der Waals surface area contributed by atoms with Crippen molar-refractivity contribution >= 4 is 11.6 Å². The molecule has 6 rings (SSSR count). The first-order valence-corrected chi connectivity index (χ1v) is 12.7. The summed E-state index contributed by atoms with van der Waals surface area (Å²) in [6.45, 7) is 1.87. The summed E-state index contributed by atoms with van der Waals surface area (Å²) in [5.41, 5.74) is 5.24. The van der Waals surface area contributed by atoms with Crippen LogP contribution in [-0.4, -0.2) is 47.0 Å². The van der Waals surface area contributed by atoms with Crippen molar-refractivity contribution in [2.45, 2.75) is 31.7 Å². The monoisotopic (exact) mass is 494 g/mol. The third kappa shape index (κ3) is 4.58. The average molecular weight is 495 g/mol. The molecule has 7 nitrogen and oxygen atoms in total. The number of nitrogens with one attached hydrogen (secondary N) is 1. The summed E-state index contributed by atoms with van der Waals surface area (Å²) in [6.07, 6.45) is 3.63. The summed E-state index contributed by atoms with van der Waals surface area (Å²) in [4.78, 5) is 15.7. The molecule has 37 heavy (non-hydrogen) atoms. The van der Waals surface area contributed by atoms with Crippen molar-refractivity contribution in [1.29, 1.82) is 0 Å². The molecule has 3 aromatic carbocycles. The summed E-state index contributed by atoms with van der Waals surface area (Å²) in [5, 5.41) is 8.68. The van der Waals surface area contributed by atoms with Gasteiger partial charge in [-0.3, -0.25) is 9.48 Å². The normalized spacial score (nSPS) is 18.9. The fraction of sp³-hybridized carbons (Fsp3) is 0.267. The van der Waals surface area contributed by atoms with Gasteiger partial charge in [-0.15, -0.1) is 0 Å². The molecular formula is C30H30N4O3. The van der Waals surface area contributed by atoms with Gasteiger partial charge < -0.3 is 19.7 Å². The highest BCUT2D eigenvalue weighted by Gasteiger charge is 2.37. The Bertz CT molecular complexity index is 1390. The number of carbonyl (C=O) groups excluding carboxylic acids is 1. The van der Waals surface area contributed by atoms with Crippen LogP contribution in [0.15, 0.2) is 85.1 Å². The summed E-state index contributed by atoms with van der Waals surface area (Å²) >= 11 is 0. The number of carbonyl (C=O) groups is 1. The molecule has 2 aliphatic heterocycles. The SMILES string of the molecule is COc1ccccc1-c1nn(Cc2ccccc2)cc1[C@H]1Nc2ccccc2C(=O)N1C[C@H]1CCCO1. The zero-order valence-electron chi connectivity index (χ0n) is 20.8. The average Bonchev–Trinajstić information content (AvgIpc) is 3.61. The van der Waals surface area contributed by atoms with Crippen molar-refractivity contribution in [2.24, 2.45) is 0 Å². The molecule has 0 spiro atoms. The Morgan fingerprint density at radius 2 is 1.76 bits per heavy atom. The number of hydrogen-bond donors (Lipinski definition) is 1. The first kappa shape index (κ1) is 23.3. The van der Waals surface area contributed by atoms with E-state index in [4.69, 9.17) is 14.6 Å². The van der Waals surface area contributed by atoms with Crippen LogP contribution in [0.2, 0.25) is 0 Å². The molecule has 1 N–H and O–H groups in total. The van der Waals surface area contributed by atoms with Gasteiger partial charge in [-0.25, -0.2) is 0 Å². The molecule has 3 heterocycles. The largest absolute Gasteiger partial charge is 0.496 e. The number of nitrogens with zero attached hydrogens (tertiary/aromatic N) is 3. The van der Waals surface area contributed by atoms with Crippen LogP contribution in [-0.2, 0) is 11.3 Å². The molecule has 7 heteroatoms. The van der Waals surface area contributed by atoms with E-state index >= 15 is 0 Å². The fourth-order valence-corrected chi connectivity index (χ4v) is 5.27. The smallest absolute Gasteiger partial charge is 0.257 e. The number of hydrogen-bond acceptors (Lipinski definition) is 5. The van der Waals surface area contributed by atoms with Crippen molar-refractivity contribution in [3.63, 3.8) is 0 Å². The first-order chi connectivity index (χ1) is 18.2. The lowest BCUT2D eigenvalue weighted by atomic mass is 10.00. The van der Waals surface area contributed by atoms with E-state index in [9.17, 15) is 4.79 Å². The minimum Gasteiger partial charge on any atom is -0.496 e. The van der Waals surface area contributed by atoms with Gasteiger partial charge in [-0.2, -0.15) is 5.10 Å². The maximum atomic E-state index is 13.8. The second kappa shape index (κ2) is 10.1. The molecular weight excluding hydrogens is 464 g/mol. The number of methoxy groups -OCH3 is 1. The molecule has 1 fully saturated rings. The van der Waals surface area contributed by atoms with Gasteiger partial charge in [-0.05, 0) is 42.7 Å². The van der Waals surface area contributed by atoms with E-state index in [-0.39, 0.29) is 12.0 Å². The molecule has 1 saturated heterocycles. The molecule has 4 aromatic rings. The highest BCUT2D eigenvalue weighted by Crippen LogP contribution is 2.40. The van der Waals surface area contributed by atoms with Gasteiger partial charge in [-0.1, -0.05) is 54.6 Å². The van der Waals surface area contributed by atoms with Crippen molar-refractivity contribution < 1.29 is 14.3 Å². The summed E-state index contributed by atoms with van der Waals surface area (Å²) in [5.74, 6) is 0.735. The van der Waals surface area contributed by atoms with Crippen LogP contribution in [0.25, 0.3) is 11.3 Å². The van der Waals surface area contributed by atoms with E-state index in [0.29, 0.717) is 18.7 Å². The van der Waals surface area contributed by atoms with Gasteiger partial charge in [0.1, 0.15) is 17.6 Å². The van der Waals surface area contributed by atoms with Crippen molar-refractivity contribution in [3.05, 3.63) is 102 Å².